The van der Waals surface area contributed by atoms with Crippen molar-refractivity contribution in [1.82, 2.24) is 4.98 Å². The van der Waals surface area contributed by atoms with Gasteiger partial charge in [-0.05, 0) is 18.9 Å². The lowest BCUT2D eigenvalue weighted by Crippen LogP contribution is -2.20. The van der Waals surface area contributed by atoms with Crippen LogP contribution in [0.1, 0.15) is 39.5 Å². The minimum absolute atomic E-state index is 0.0000373. The molecule has 2 atom stereocenters. The van der Waals surface area contributed by atoms with Crippen LogP contribution in [0.15, 0.2) is 44.0 Å². The summed E-state index contributed by atoms with van der Waals surface area (Å²) in [5.41, 5.74) is 0. The molecule has 0 aliphatic rings. The van der Waals surface area contributed by atoms with Gasteiger partial charge in [0.1, 0.15) is 31.2 Å². The van der Waals surface area contributed by atoms with Crippen LogP contribution in [0.3, 0.4) is 0 Å². The van der Waals surface area contributed by atoms with E-state index in [1.54, 1.807) is 18.3 Å². The fourth-order valence-corrected chi connectivity index (χ4v) is 2.22. The van der Waals surface area contributed by atoms with Crippen molar-refractivity contribution in [3.63, 3.8) is 0 Å². The molecule has 0 aliphatic heterocycles. The third-order valence-corrected chi connectivity index (χ3v) is 3.36. The summed E-state index contributed by atoms with van der Waals surface area (Å²) >= 11 is 0. The maximum Gasteiger partial charge on any atom is 0.217 e. The van der Waals surface area contributed by atoms with Crippen LogP contribution in [-0.4, -0.2) is 30.4 Å². The van der Waals surface area contributed by atoms with Crippen LogP contribution < -0.4 is 9.47 Å². The van der Waals surface area contributed by atoms with Crippen LogP contribution in [0.25, 0.3) is 0 Å². The molecule has 0 radical (unpaired) electrons. The van der Waals surface area contributed by atoms with Crippen molar-refractivity contribution in [3.05, 3.63) is 44.0 Å². The summed E-state index contributed by atoms with van der Waals surface area (Å²) < 4.78 is 22.3. The first kappa shape index (κ1) is 19.9. The maximum absolute atomic E-state index is 5.78. The second kappa shape index (κ2) is 12.3. The van der Waals surface area contributed by atoms with E-state index in [1.807, 2.05) is 0 Å². The van der Waals surface area contributed by atoms with Crippen LogP contribution in [0.5, 0.6) is 11.6 Å². The average Bonchev–Trinajstić information content (AvgIpc) is 2.59. The van der Waals surface area contributed by atoms with Crippen LogP contribution in [-0.2, 0) is 9.47 Å². The van der Waals surface area contributed by atoms with Crippen molar-refractivity contribution in [2.24, 2.45) is 0 Å². The van der Waals surface area contributed by atoms with Gasteiger partial charge < -0.3 is 18.9 Å². The van der Waals surface area contributed by atoms with Gasteiger partial charge in [-0.25, -0.2) is 4.98 Å². The highest BCUT2D eigenvalue weighted by Gasteiger charge is 2.11. The minimum Gasteiger partial charge on any atom is -0.495 e. The lowest BCUT2D eigenvalue weighted by Gasteiger charge is -2.18. The molecule has 0 bridgehead atoms. The van der Waals surface area contributed by atoms with Gasteiger partial charge in [0.25, 0.3) is 0 Å². The molecule has 0 aromatic carbocycles. The van der Waals surface area contributed by atoms with Crippen LogP contribution in [0.4, 0.5) is 0 Å². The summed E-state index contributed by atoms with van der Waals surface area (Å²) in [7, 11) is 0. The Labute approximate surface area is 145 Å². The molecular formula is C19H29NO4. The summed E-state index contributed by atoms with van der Waals surface area (Å²) in [6, 6.07) is 3.57. The first-order chi connectivity index (χ1) is 11.7. The number of rotatable bonds is 14. The standard InChI is InChI=1S/C19H29NO4/c1-5-9-17(21-7-3)14-23-16-11-12-20-19(13-16)24-15-18(10-6-2)22-8-4/h7-8,11-13,17-18H,3-6,9-10,14-15H2,1-2H3. The molecule has 134 valence electrons. The smallest absolute Gasteiger partial charge is 0.217 e. The Morgan fingerprint density at radius 2 is 1.58 bits per heavy atom. The van der Waals surface area contributed by atoms with Gasteiger partial charge >= 0.3 is 0 Å². The Balaban J connectivity index is 2.52. The third-order valence-electron chi connectivity index (χ3n) is 3.36. The molecule has 0 aliphatic carbocycles. The summed E-state index contributed by atoms with van der Waals surface area (Å²) in [6.45, 7) is 12.3. The molecule has 0 spiro atoms. The number of pyridine rings is 1. The summed E-state index contributed by atoms with van der Waals surface area (Å²) in [4.78, 5) is 4.20. The second-order valence-corrected chi connectivity index (χ2v) is 5.38. The van der Waals surface area contributed by atoms with Crippen LogP contribution in [0, 0.1) is 0 Å². The molecule has 2 unspecified atom stereocenters. The second-order valence-electron chi connectivity index (χ2n) is 5.38. The molecule has 0 N–H and O–H groups in total. The molecule has 1 aromatic rings. The Bertz CT molecular complexity index is 439. The van der Waals surface area contributed by atoms with Crippen molar-refractivity contribution in [1.29, 1.82) is 0 Å². The molecule has 0 fully saturated rings. The molecule has 1 aromatic heterocycles. The van der Waals surface area contributed by atoms with E-state index in [0.29, 0.717) is 24.8 Å². The van der Waals surface area contributed by atoms with Crippen molar-refractivity contribution in [3.8, 4) is 11.6 Å². The lowest BCUT2D eigenvalue weighted by molar-refractivity contribution is 0.0770. The lowest BCUT2D eigenvalue weighted by atomic mass is 10.2. The van der Waals surface area contributed by atoms with Crippen molar-refractivity contribution < 1.29 is 18.9 Å². The Kier molecular flexibility index (Phi) is 10.2. The Hall–Kier alpha value is -2.17. The van der Waals surface area contributed by atoms with Crippen molar-refractivity contribution in [2.75, 3.05) is 13.2 Å². The quantitative estimate of drug-likeness (QED) is 0.469. The average molecular weight is 335 g/mol. The summed E-state index contributed by atoms with van der Waals surface area (Å²) in [5, 5.41) is 0. The molecular weight excluding hydrogens is 306 g/mol. The Morgan fingerprint density at radius 1 is 1.00 bits per heavy atom. The van der Waals surface area contributed by atoms with E-state index in [4.69, 9.17) is 18.9 Å². The topological polar surface area (TPSA) is 49.8 Å². The summed E-state index contributed by atoms with van der Waals surface area (Å²) in [6.07, 6.45) is 8.40. The molecule has 1 heterocycles. The number of aromatic nitrogens is 1. The van der Waals surface area contributed by atoms with E-state index >= 15 is 0 Å². The third kappa shape index (κ3) is 7.90. The van der Waals surface area contributed by atoms with Crippen LogP contribution in [0.2, 0.25) is 0 Å². The molecule has 5 nitrogen and oxygen atoms in total. The SMILES string of the molecule is C=COC(CCC)COc1ccnc(OCC(CCC)OC=C)c1. The molecule has 0 saturated carbocycles. The van der Waals surface area contributed by atoms with E-state index in [-0.39, 0.29) is 12.2 Å². The zero-order chi connectivity index (χ0) is 17.6. The number of nitrogens with zero attached hydrogens (tertiary/aromatic N) is 1. The van der Waals surface area contributed by atoms with Gasteiger partial charge in [0.2, 0.25) is 5.88 Å². The van der Waals surface area contributed by atoms with Crippen molar-refractivity contribution in [2.45, 2.75) is 51.7 Å². The van der Waals surface area contributed by atoms with Gasteiger partial charge in [-0.2, -0.15) is 0 Å². The number of hydrogen-bond acceptors (Lipinski definition) is 5. The van der Waals surface area contributed by atoms with Gasteiger partial charge in [0.15, 0.2) is 0 Å². The normalized spacial score (nSPS) is 12.8. The predicted molar refractivity (Wildman–Crippen MR) is 95.2 cm³/mol. The highest BCUT2D eigenvalue weighted by Crippen LogP contribution is 2.18. The van der Waals surface area contributed by atoms with Gasteiger partial charge in [-0.15, -0.1) is 0 Å². The molecule has 5 heteroatoms. The predicted octanol–water partition coefficient (Wildman–Crippen LogP) is 4.50. The Morgan fingerprint density at radius 3 is 2.12 bits per heavy atom. The van der Waals surface area contributed by atoms with E-state index in [2.05, 4.69) is 32.0 Å². The molecule has 24 heavy (non-hydrogen) atoms. The molecule has 1 rings (SSSR count). The minimum atomic E-state index is -0.0196. The maximum atomic E-state index is 5.78. The zero-order valence-electron chi connectivity index (χ0n) is 14.8. The van der Waals surface area contributed by atoms with E-state index in [9.17, 15) is 0 Å². The van der Waals surface area contributed by atoms with E-state index in [1.165, 1.54) is 12.5 Å². The zero-order valence-corrected chi connectivity index (χ0v) is 14.8. The first-order valence-corrected chi connectivity index (χ1v) is 8.47. The monoisotopic (exact) mass is 335 g/mol. The van der Waals surface area contributed by atoms with Crippen LogP contribution >= 0.6 is 0 Å². The molecule has 0 amide bonds. The molecule has 0 saturated heterocycles. The van der Waals surface area contributed by atoms with Gasteiger partial charge in [0, 0.05) is 12.3 Å². The van der Waals surface area contributed by atoms with E-state index in [0.717, 1.165) is 25.7 Å². The van der Waals surface area contributed by atoms with Gasteiger partial charge in [-0.3, -0.25) is 0 Å². The fraction of sp³-hybridized carbons (Fsp3) is 0.526. The van der Waals surface area contributed by atoms with Gasteiger partial charge in [-0.1, -0.05) is 39.8 Å². The van der Waals surface area contributed by atoms with E-state index < -0.39 is 0 Å². The highest BCUT2D eigenvalue weighted by atomic mass is 16.5. The first-order valence-electron chi connectivity index (χ1n) is 8.47. The fourth-order valence-electron chi connectivity index (χ4n) is 2.22. The van der Waals surface area contributed by atoms with Gasteiger partial charge in [0.05, 0.1) is 12.5 Å². The number of hydrogen-bond donors (Lipinski definition) is 0. The highest BCUT2D eigenvalue weighted by molar-refractivity contribution is 5.26. The van der Waals surface area contributed by atoms with Crippen molar-refractivity contribution >= 4 is 0 Å². The summed E-state index contributed by atoms with van der Waals surface area (Å²) in [5.74, 6) is 1.21. The number of ether oxygens (including phenoxy) is 4. The largest absolute Gasteiger partial charge is 0.495 e.